The molecule has 0 radical (unpaired) electrons. The number of hydrogen-bond donors (Lipinski definition) is 2. The van der Waals surface area contributed by atoms with Crippen LogP contribution in [0.25, 0.3) is 0 Å². The van der Waals surface area contributed by atoms with Crippen molar-refractivity contribution in [1.29, 1.82) is 0 Å². The lowest BCUT2D eigenvalue weighted by Gasteiger charge is -2.13. The zero-order valence-corrected chi connectivity index (χ0v) is 17.1. The molecule has 0 heterocycles. The maximum Gasteiger partial charge on any atom is 0.241 e. The predicted octanol–water partition coefficient (Wildman–Crippen LogP) is 2.34. The summed E-state index contributed by atoms with van der Waals surface area (Å²) in [4.78, 5) is 0.0156. The van der Waals surface area contributed by atoms with E-state index in [2.05, 4.69) is 5.32 Å². The fourth-order valence-corrected chi connectivity index (χ4v) is 3.56. The van der Waals surface area contributed by atoms with E-state index in [0.29, 0.717) is 31.9 Å². The van der Waals surface area contributed by atoms with Gasteiger partial charge in [-0.25, -0.2) is 13.6 Å². The van der Waals surface area contributed by atoms with Gasteiger partial charge in [0.05, 0.1) is 13.7 Å². The van der Waals surface area contributed by atoms with Crippen molar-refractivity contribution in [2.75, 3.05) is 33.4 Å². The summed E-state index contributed by atoms with van der Waals surface area (Å²) in [5.41, 5.74) is 0.817. The number of rotatable bonds is 12. The summed E-state index contributed by atoms with van der Waals surface area (Å²) in [5, 5.41) is 8.56. The first-order chi connectivity index (χ1) is 13.5. The molecule has 2 aromatic carbocycles. The van der Waals surface area contributed by atoms with Crippen molar-refractivity contribution >= 4 is 10.0 Å². The number of benzene rings is 2. The van der Waals surface area contributed by atoms with Gasteiger partial charge in [0.25, 0.3) is 0 Å². The Morgan fingerprint density at radius 3 is 2.36 bits per heavy atom. The van der Waals surface area contributed by atoms with E-state index in [1.807, 2.05) is 37.3 Å². The number of ether oxygens (including phenoxy) is 3. The van der Waals surface area contributed by atoms with Gasteiger partial charge < -0.3 is 19.5 Å². The van der Waals surface area contributed by atoms with Gasteiger partial charge in [-0.1, -0.05) is 24.3 Å². The Morgan fingerprint density at radius 2 is 1.71 bits per heavy atom. The summed E-state index contributed by atoms with van der Waals surface area (Å²) < 4.78 is 39.9. The van der Waals surface area contributed by atoms with E-state index in [4.69, 9.17) is 19.3 Å². The molecule has 8 heteroatoms. The Labute approximate surface area is 166 Å². The summed E-state index contributed by atoms with van der Waals surface area (Å²) in [6, 6.07) is 12.6. The molecule has 0 amide bonds. The van der Waals surface area contributed by atoms with E-state index >= 15 is 0 Å². The summed E-state index contributed by atoms with van der Waals surface area (Å²) in [6.07, 6.45) is 1.49. The van der Waals surface area contributed by atoms with Crippen molar-refractivity contribution < 1.29 is 22.6 Å². The van der Waals surface area contributed by atoms with Crippen LogP contribution in [0.5, 0.6) is 17.2 Å². The van der Waals surface area contributed by atoms with Gasteiger partial charge in [-0.15, -0.1) is 0 Å². The summed E-state index contributed by atoms with van der Waals surface area (Å²) in [5.74, 6) is 1.79. The minimum absolute atomic E-state index is 0.0156. The zero-order valence-electron chi connectivity index (χ0n) is 16.3. The van der Waals surface area contributed by atoms with Gasteiger partial charge in [-0.05, 0) is 50.1 Å². The highest BCUT2D eigenvalue weighted by molar-refractivity contribution is 7.89. The molecule has 154 valence electrons. The molecule has 0 aliphatic heterocycles. The first kappa shape index (κ1) is 22.0. The van der Waals surface area contributed by atoms with Gasteiger partial charge >= 0.3 is 0 Å². The normalized spacial score (nSPS) is 11.2. The summed E-state index contributed by atoms with van der Waals surface area (Å²) in [6.45, 7) is 4.50. The van der Waals surface area contributed by atoms with Crippen molar-refractivity contribution in [3.05, 3.63) is 48.0 Å². The molecular formula is C20H28N2O5S. The van der Waals surface area contributed by atoms with Crippen molar-refractivity contribution in [2.24, 2.45) is 5.14 Å². The molecule has 0 spiro atoms. The lowest BCUT2D eigenvalue weighted by molar-refractivity contribution is 0.276. The molecule has 0 bridgehead atoms. The van der Waals surface area contributed by atoms with E-state index in [-0.39, 0.29) is 4.90 Å². The fourth-order valence-electron chi connectivity index (χ4n) is 2.82. The number of primary sulfonamides is 1. The van der Waals surface area contributed by atoms with E-state index < -0.39 is 10.0 Å². The molecule has 0 atom stereocenters. The van der Waals surface area contributed by atoms with Gasteiger partial charge in [0, 0.05) is 6.54 Å². The second-order valence-electron chi connectivity index (χ2n) is 6.08. The first-order valence-electron chi connectivity index (χ1n) is 9.21. The van der Waals surface area contributed by atoms with Crippen molar-refractivity contribution in [3.63, 3.8) is 0 Å². The Morgan fingerprint density at radius 1 is 1.00 bits per heavy atom. The maximum atomic E-state index is 11.7. The van der Waals surface area contributed by atoms with Crippen molar-refractivity contribution in [2.45, 2.75) is 24.7 Å². The second kappa shape index (κ2) is 10.9. The third kappa shape index (κ3) is 6.40. The quantitative estimate of drug-likeness (QED) is 0.523. The molecule has 0 fully saturated rings. The van der Waals surface area contributed by atoms with Gasteiger partial charge in [0.1, 0.15) is 17.3 Å². The van der Waals surface area contributed by atoms with E-state index in [9.17, 15) is 8.42 Å². The Balaban J connectivity index is 1.76. The van der Waals surface area contributed by atoms with Gasteiger partial charge in [0.15, 0.2) is 11.5 Å². The average Bonchev–Trinajstić information content (AvgIpc) is 2.67. The standard InChI is InChI=1S/C20H28N2O5S/c1-3-26-17-10-4-5-11-18(17)27-15-14-22-13-7-9-16-8-6-12-19(20(16)25-2)28(21,23)24/h4-6,8,10-12,22H,3,7,9,13-15H2,1-2H3,(H2,21,23,24). The maximum absolute atomic E-state index is 11.7. The number of sulfonamides is 1. The average molecular weight is 409 g/mol. The highest BCUT2D eigenvalue weighted by Gasteiger charge is 2.17. The van der Waals surface area contributed by atoms with Crippen LogP contribution in [0.15, 0.2) is 47.4 Å². The van der Waals surface area contributed by atoms with Gasteiger partial charge in [0.2, 0.25) is 10.0 Å². The highest BCUT2D eigenvalue weighted by atomic mass is 32.2. The predicted molar refractivity (Wildman–Crippen MR) is 109 cm³/mol. The monoisotopic (exact) mass is 408 g/mol. The highest BCUT2D eigenvalue weighted by Crippen LogP contribution is 2.28. The van der Waals surface area contributed by atoms with Crippen LogP contribution in [0, 0.1) is 0 Å². The van der Waals surface area contributed by atoms with Crippen LogP contribution >= 0.6 is 0 Å². The second-order valence-corrected chi connectivity index (χ2v) is 7.61. The number of para-hydroxylation sites is 3. The molecular weight excluding hydrogens is 380 g/mol. The van der Waals surface area contributed by atoms with E-state index in [1.165, 1.54) is 13.2 Å². The molecule has 0 aliphatic carbocycles. The molecule has 0 aromatic heterocycles. The molecule has 7 nitrogen and oxygen atoms in total. The molecule has 28 heavy (non-hydrogen) atoms. The number of nitrogens with two attached hydrogens (primary N) is 1. The van der Waals surface area contributed by atoms with Crippen LogP contribution in [0.4, 0.5) is 0 Å². The van der Waals surface area contributed by atoms with Crippen LogP contribution in [-0.4, -0.2) is 41.8 Å². The van der Waals surface area contributed by atoms with Gasteiger partial charge in [-0.2, -0.15) is 0 Å². The number of hydrogen-bond acceptors (Lipinski definition) is 6. The van der Waals surface area contributed by atoms with Crippen LogP contribution in [0.1, 0.15) is 18.9 Å². The first-order valence-corrected chi connectivity index (χ1v) is 10.8. The van der Waals surface area contributed by atoms with Gasteiger partial charge in [-0.3, -0.25) is 0 Å². The molecule has 2 rings (SSSR count). The minimum Gasteiger partial charge on any atom is -0.495 e. The van der Waals surface area contributed by atoms with E-state index in [1.54, 1.807) is 6.07 Å². The number of methoxy groups -OCH3 is 1. The molecule has 3 N–H and O–H groups in total. The third-order valence-corrected chi connectivity index (χ3v) is 4.99. The van der Waals surface area contributed by atoms with Crippen molar-refractivity contribution in [3.8, 4) is 17.2 Å². The third-order valence-electron chi connectivity index (χ3n) is 4.06. The van der Waals surface area contributed by atoms with Crippen LogP contribution in [-0.2, 0) is 16.4 Å². The van der Waals surface area contributed by atoms with Crippen LogP contribution < -0.4 is 24.7 Å². The number of aryl methyl sites for hydroxylation is 1. The van der Waals surface area contributed by atoms with E-state index in [0.717, 1.165) is 30.0 Å². The zero-order chi connectivity index (χ0) is 20.4. The molecule has 0 aliphatic rings. The fraction of sp³-hybridized carbons (Fsp3) is 0.400. The molecule has 2 aromatic rings. The van der Waals surface area contributed by atoms with Crippen LogP contribution in [0.3, 0.4) is 0 Å². The Kier molecular flexibility index (Phi) is 8.56. The summed E-state index contributed by atoms with van der Waals surface area (Å²) in [7, 11) is -2.36. The van der Waals surface area contributed by atoms with Crippen molar-refractivity contribution in [1.82, 2.24) is 5.32 Å². The molecule has 0 unspecified atom stereocenters. The van der Waals surface area contributed by atoms with Crippen LogP contribution in [0.2, 0.25) is 0 Å². The smallest absolute Gasteiger partial charge is 0.241 e. The topological polar surface area (TPSA) is 99.9 Å². The molecule has 0 saturated carbocycles. The minimum atomic E-state index is -3.81. The molecule has 0 saturated heterocycles. The summed E-state index contributed by atoms with van der Waals surface area (Å²) >= 11 is 0. The largest absolute Gasteiger partial charge is 0.495 e. The lowest BCUT2D eigenvalue weighted by atomic mass is 10.1. The Bertz CT molecular complexity index is 855. The SMILES string of the molecule is CCOc1ccccc1OCCNCCCc1cccc(S(N)(=O)=O)c1OC. The number of nitrogens with one attached hydrogen (secondary N) is 1. The Hall–Kier alpha value is -2.29. The lowest BCUT2D eigenvalue weighted by Crippen LogP contribution is -2.22.